The minimum Gasteiger partial charge on any atom is -0.339 e. The van der Waals surface area contributed by atoms with Crippen molar-refractivity contribution in [2.75, 3.05) is 18.4 Å². The van der Waals surface area contributed by atoms with E-state index in [9.17, 15) is 18.0 Å². The fraction of sp³-hybridized carbons (Fsp3) is 0.333. The van der Waals surface area contributed by atoms with Gasteiger partial charge in [0.25, 0.3) is 11.8 Å². The molecular weight excluding hydrogens is 376 g/mol. The van der Waals surface area contributed by atoms with Crippen LogP contribution in [0, 0.1) is 0 Å². The van der Waals surface area contributed by atoms with Gasteiger partial charge in [-0.05, 0) is 57.0 Å². The number of nitrogens with zero attached hydrogens (tertiary/aromatic N) is 1. The lowest BCUT2D eigenvalue weighted by Crippen LogP contribution is -2.27. The monoisotopic (exact) mass is 400 g/mol. The number of anilines is 1. The highest BCUT2D eigenvalue weighted by Gasteiger charge is 2.25. The second-order valence-corrected chi connectivity index (χ2v) is 9.60. The number of rotatable bonds is 5. The molecule has 0 radical (unpaired) electrons. The molecule has 2 aromatic rings. The molecule has 0 saturated carbocycles. The average Bonchev–Trinajstić information content (AvgIpc) is 3.22. The number of carbonyl (C=O) groups excluding carboxylic acids is 2. The van der Waals surface area contributed by atoms with Crippen LogP contribution in [0.1, 0.15) is 47.4 Å². The van der Waals surface area contributed by atoms with E-state index in [1.165, 1.54) is 12.1 Å². The number of nitrogens with one attached hydrogen (secondary N) is 1. The van der Waals surface area contributed by atoms with Crippen LogP contribution < -0.4 is 5.32 Å². The van der Waals surface area contributed by atoms with Gasteiger partial charge >= 0.3 is 0 Å². The normalized spacial score (nSPS) is 14.3. The van der Waals surface area contributed by atoms with Crippen molar-refractivity contribution in [3.8, 4) is 0 Å². The topological polar surface area (TPSA) is 83.5 Å². The maximum absolute atomic E-state index is 12.8. The van der Waals surface area contributed by atoms with Crippen LogP contribution in [-0.4, -0.2) is 43.5 Å². The van der Waals surface area contributed by atoms with Gasteiger partial charge in [-0.3, -0.25) is 9.59 Å². The summed E-state index contributed by atoms with van der Waals surface area (Å²) in [5.41, 5.74) is 1.04. The first-order valence-electron chi connectivity index (χ1n) is 9.34. The molecular formula is C21H24N2O4S. The van der Waals surface area contributed by atoms with Crippen LogP contribution in [0.3, 0.4) is 0 Å². The molecule has 0 unspecified atom stereocenters. The summed E-state index contributed by atoms with van der Waals surface area (Å²) in [4.78, 5) is 27.1. The summed E-state index contributed by atoms with van der Waals surface area (Å²) in [5, 5.41) is 2.09. The summed E-state index contributed by atoms with van der Waals surface area (Å²) in [7, 11) is -3.60. The Morgan fingerprint density at radius 1 is 1.00 bits per heavy atom. The fourth-order valence-electron chi connectivity index (χ4n) is 3.19. The van der Waals surface area contributed by atoms with E-state index in [0.29, 0.717) is 11.3 Å². The average molecular weight is 401 g/mol. The van der Waals surface area contributed by atoms with Crippen LogP contribution in [0.25, 0.3) is 0 Å². The molecule has 28 heavy (non-hydrogen) atoms. The summed E-state index contributed by atoms with van der Waals surface area (Å²) < 4.78 is 25.1. The van der Waals surface area contributed by atoms with E-state index in [1.54, 1.807) is 55.1 Å². The highest BCUT2D eigenvalue weighted by Crippen LogP contribution is 2.22. The molecule has 3 rings (SSSR count). The van der Waals surface area contributed by atoms with Crippen molar-refractivity contribution >= 4 is 27.3 Å². The molecule has 2 amide bonds. The Morgan fingerprint density at radius 3 is 2.36 bits per heavy atom. The Morgan fingerprint density at radius 2 is 1.68 bits per heavy atom. The number of hydrogen-bond donors (Lipinski definition) is 1. The van der Waals surface area contributed by atoms with Crippen molar-refractivity contribution < 1.29 is 18.0 Å². The van der Waals surface area contributed by atoms with Crippen LogP contribution in [0.2, 0.25) is 0 Å². The van der Waals surface area contributed by atoms with Crippen LogP contribution in [0.15, 0.2) is 53.4 Å². The lowest BCUT2D eigenvalue weighted by atomic mass is 10.1. The van der Waals surface area contributed by atoms with Gasteiger partial charge in [0, 0.05) is 24.3 Å². The van der Waals surface area contributed by atoms with Crippen LogP contribution in [0.5, 0.6) is 0 Å². The predicted molar refractivity (Wildman–Crippen MR) is 108 cm³/mol. The Labute approximate surface area is 165 Å². The van der Waals surface area contributed by atoms with Gasteiger partial charge in [0.2, 0.25) is 0 Å². The molecule has 2 aromatic carbocycles. The molecule has 0 bridgehead atoms. The van der Waals surface area contributed by atoms with Crippen molar-refractivity contribution in [1.82, 2.24) is 4.90 Å². The zero-order valence-electron chi connectivity index (χ0n) is 16.0. The molecule has 1 N–H and O–H groups in total. The number of benzene rings is 2. The number of sulfone groups is 1. The Kier molecular flexibility index (Phi) is 5.84. The first-order chi connectivity index (χ1) is 13.3. The fourth-order valence-corrected chi connectivity index (χ4v) is 4.43. The zero-order chi connectivity index (χ0) is 20.3. The van der Waals surface area contributed by atoms with Crippen molar-refractivity contribution in [1.29, 1.82) is 0 Å². The number of likely N-dealkylation sites (tertiary alicyclic amines) is 1. The Balaban J connectivity index is 1.85. The van der Waals surface area contributed by atoms with Gasteiger partial charge in [0.15, 0.2) is 9.84 Å². The minimum atomic E-state index is -3.60. The summed E-state index contributed by atoms with van der Waals surface area (Å²) in [6, 6.07) is 12.9. The van der Waals surface area contributed by atoms with E-state index in [1.807, 2.05) is 0 Å². The smallest absolute Gasteiger partial charge is 0.256 e. The third-order valence-corrected chi connectivity index (χ3v) is 7.03. The number of amides is 2. The molecule has 1 aliphatic heterocycles. The highest BCUT2D eigenvalue weighted by atomic mass is 32.2. The van der Waals surface area contributed by atoms with E-state index in [0.717, 1.165) is 25.9 Å². The lowest BCUT2D eigenvalue weighted by molar-refractivity contribution is 0.0792. The molecule has 0 aromatic heterocycles. The molecule has 1 aliphatic rings. The number of carbonyl (C=O) groups is 2. The molecule has 148 valence electrons. The summed E-state index contributed by atoms with van der Waals surface area (Å²) >= 11 is 0. The van der Waals surface area contributed by atoms with Crippen molar-refractivity contribution in [2.45, 2.75) is 36.8 Å². The van der Waals surface area contributed by atoms with Crippen LogP contribution >= 0.6 is 0 Å². The molecule has 1 saturated heterocycles. The minimum absolute atomic E-state index is 0.00629. The van der Waals surface area contributed by atoms with Crippen LogP contribution in [-0.2, 0) is 9.84 Å². The van der Waals surface area contributed by atoms with E-state index < -0.39 is 21.0 Å². The van der Waals surface area contributed by atoms with Gasteiger partial charge in [-0.25, -0.2) is 8.42 Å². The maximum atomic E-state index is 12.8. The van der Waals surface area contributed by atoms with Crippen LogP contribution in [0.4, 0.5) is 5.69 Å². The summed E-state index contributed by atoms with van der Waals surface area (Å²) in [6.07, 6.45) is 2.01. The van der Waals surface area contributed by atoms with E-state index in [2.05, 4.69) is 5.32 Å². The largest absolute Gasteiger partial charge is 0.339 e. The lowest BCUT2D eigenvalue weighted by Gasteiger charge is -2.16. The first-order valence-corrected chi connectivity index (χ1v) is 10.9. The van der Waals surface area contributed by atoms with Gasteiger partial charge < -0.3 is 10.2 Å². The molecule has 1 fully saturated rings. The van der Waals surface area contributed by atoms with Gasteiger partial charge in [-0.2, -0.15) is 0 Å². The quantitative estimate of drug-likeness (QED) is 0.834. The second-order valence-electron chi connectivity index (χ2n) is 7.12. The molecule has 0 atom stereocenters. The Hall–Kier alpha value is -2.67. The third kappa shape index (κ3) is 4.09. The summed E-state index contributed by atoms with van der Waals surface area (Å²) in [5.74, 6) is -0.581. The van der Waals surface area contributed by atoms with Crippen molar-refractivity contribution in [2.24, 2.45) is 0 Å². The third-order valence-electron chi connectivity index (χ3n) is 4.82. The van der Waals surface area contributed by atoms with Gasteiger partial charge in [-0.1, -0.05) is 18.2 Å². The SMILES string of the molecule is CC(C)S(=O)(=O)c1ccccc1C(=O)Nc1cccc(C(=O)N2CCCC2)c1. The number of hydrogen-bond acceptors (Lipinski definition) is 4. The summed E-state index contributed by atoms with van der Waals surface area (Å²) in [6.45, 7) is 4.65. The predicted octanol–water partition coefficient (Wildman–Crippen LogP) is 3.36. The molecule has 0 spiro atoms. The van der Waals surface area contributed by atoms with Gasteiger partial charge in [0.1, 0.15) is 0 Å². The maximum Gasteiger partial charge on any atom is 0.256 e. The standard InChI is InChI=1S/C21H24N2O4S/c1-15(2)28(26,27)19-11-4-3-10-18(19)20(24)22-17-9-7-8-16(14-17)21(25)23-12-5-6-13-23/h3-4,7-11,14-15H,5-6,12-13H2,1-2H3,(H,22,24). The Bertz CT molecular complexity index is 993. The van der Waals surface area contributed by atoms with E-state index in [-0.39, 0.29) is 16.4 Å². The second kappa shape index (κ2) is 8.14. The highest BCUT2D eigenvalue weighted by molar-refractivity contribution is 7.92. The molecule has 1 heterocycles. The molecule has 6 nitrogen and oxygen atoms in total. The van der Waals surface area contributed by atoms with Gasteiger partial charge in [-0.15, -0.1) is 0 Å². The van der Waals surface area contributed by atoms with E-state index in [4.69, 9.17) is 0 Å². The van der Waals surface area contributed by atoms with Crippen molar-refractivity contribution in [3.05, 3.63) is 59.7 Å². The van der Waals surface area contributed by atoms with E-state index >= 15 is 0 Å². The van der Waals surface area contributed by atoms with Crippen molar-refractivity contribution in [3.63, 3.8) is 0 Å². The molecule has 0 aliphatic carbocycles. The molecule has 7 heteroatoms. The zero-order valence-corrected chi connectivity index (χ0v) is 16.8. The van der Waals surface area contributed by atoms with Gasteiger partial charge in [0.05, 0.1) is 15.7 Å². The first kappa shape index (κ1) is 20.1.